The molecule has 3 aliphatic heterocycles. The third-order valence-corrected chi connectivity index (χ3v) is 5.69. The lowest BCUT2D eigenvalue weighted by Crippen LogP contribution is -2.66. The maximum Gasteiger partial charge on any atom is 0.268 e. The SMILES string of the molecule is C#CCOC1CCN2C(=O)C3C(NC(=O)c4cccn4C)CCN3C(=O)C12. The van der Waals surface area contributed by atoms with Crippen molar-refractivity contribution in [3.63, 3.8) is 0 Å². The van der Waals surface area contributed by atoms with Gasteiger partial charge in [0.05, 0.1) is 12.1 Å². The first kappa shape index (κ1) is 17.6. The number of aryl methyl sites for hydroxylation is 1. The van der Waals surface area contributed by atoms with Crippen molar-refractivity contribution in [3.05, 3.63) is 24.0 Å². The molecule has 0 aliphatic carbocycles. The molecule has 27 heavy (non-hydrogen) atoms. The molecule has 0 radical (unpaired) electrons. The van der Waals surface area contributed by atoms with E-state index in [0.29, 0.717) is 31.6 Å². The highest BCUT2D eigenvalue weighted by molar-refractivity contribution is 6.00. The number of aromatic nitrogens is 1. The summed E-state index contributed by atoms with van der Waals surface area (Å²) in [5.74, 6) is 1.93. The molecule has 8 heteroatoms. The Balaban J connectivity index is 1.51. The molecule has 0 saturated carbocycles. The van der Waals surface area contributed by atoms with Crippen molar-refractivity contribution in [2.24, 2.45) is 7.05 Å². The Kier molecular flexibility index (Phi) is 4.40. The quantitative estimate of drug-likeness (QED) is 0.715. The van der Waals surface area contributed by atoms with E-state index in [2.05, 4.69) is 11.2 Å². The minimum atomic E-state index is -0.649. The number of amides is 3. The number of hydrogen-bond donors (Lipinski definition) is 1. The second-order valence-corrected chi connectivity index (χ2v) is 7.17. The number of fused-ring (bicyclic) bond motifs is 2. The topological polar surface area (TPSA) is 83.9 Å². The van der Waals surface area contributed by atoms with Gasteiger partial charge < -0.3 is 24.4 Å². The van der Waals surface area contributed by atoms with Gasteiger partial charge in [0.2, 0.25) is 11.8 Å². The molecule has 4 atom stereocenters. The molecule has 8 nitrogen and oxygen atoms in total. The fraction of sp³-hybridized carbons (Fsp3) is 0.526. The van der Waals surface area contributed by atoms with Crippen molar-refractivity contribution in [3.8, 4) is 12.3 Å². The third-order valence-electron chi connectivity index (χ3n) is 5.69. The molecule has 3 amide bonds. The predicted molar refractivity (Wildman–Crippen MR) is 95.5 cm³/mol. The van der Waals surface area contributed by atoms with E-state index in [-0.39, 0.29) is 30.4 Å². The lowest BCUT2D eigenvalue weighted by molar-refractivity contribution is -0.161. The Bertz CT molecular complexity index is 826. The third kappa shape index (κ3) is 2.79. The molecule has 1 aromatic heterocycles. The van der Waals surface area contributed by atoms with Crippen LogP contribution in [0.25, 0.3) is 0 Å². The summed E-state index contributed by atoms with van der Waals surface area (Å²) in [5.41, 5.74) is 0.518. The van der Waals surface area contributed by atoms with Crippen LogP contribution in [-0.4, -0.2) is 76.0 Å². The summed E-state index contributed by atoms with van der Waals surface area (Å²) < 4.78 is 7.31. The van der Waals surface area contributed by atoms with Crippen LogP contribution in [0, 0.1) is 12.3 Å². The van der Waals surface area contributed by atoms with Crippen LogP contribution < -0.4 is 5.32 Å². The monoisotopic (exact) mass is 370 g/mol. The summed E-state index contributed by atoms with van der Waals surface area (Å²) in [4.78, 5) is 41.8. The lowest BCUT2D eigenvalue weighted by Gasteiger charge is -2.41. The molecule has 0 spiro atoms. The van der Waals surface area contributed by atoms with Gasteiger partial charge in [-0.2, -0.15) is 0 Å². The number of hydrogen-bond acceptors (Lipinski definition) is 4. The summed E-state index contributed by atoms with van der Waals surface area (Å²) in [6.07, 6.45) is 7.81. The van der Waals surface area contributed by atoms with Gasteiger partial charge in [-0.3, -0.25) is 14.4 Å². The molecule has 1 aromatic rings. The summed E-state index contributed by atoms with van der Waals surface area (Å²) in [7, 11) is 1.79. The smallest absolute Gasteiger partial charge is 0.268 e. The van der Waals surface area contributed by atoms with Crippen molar-refractivity contribution < 1.29 is 19.1 Å². The van der Waals surface area contributed by atoms with Gasteiger partial charge in [-0.05, 0) is 25.0 Å². The Morgan fingerprint density at radius 3 is 2.67 bits per heavy atom. The van der Waals surface area contributed by atoms with E-state index in [1.807, 2.05) is 0 Å². The zero-order valence-corrected chi connectivity index (χ0v) is 15.1. The Labute approximate surface area is 157 Å². The number of rotatable bonds is 4. The molecule has 0 bridgehead atoms. The highest BCUT2D eigenvalue weighted by Crippen LogP contribution is 2.33. The van der Waals surface area contributed by atoms with Gasteiger partial charge in [0, 0.05) is 26.3 Å². The molecule has 1 N–H and O–H groups in total. The highest BCUT2D eigenvalue weighted by Gasteiger charge is 2.56. The first-order valence-corrected chi connectivity index (χ1v) is 9.11. The van der Waals surface area contributed by atoms with Gasteiger partial charge in [0.1, 0.15) is 24.4 Å². The zero-order chi connectivity index (χ0) is 19.1. The van der Waals surface area contributed by atoms with Gasteiger partial charge in [-0.15, -0.1) is 6.42 Å². The molecular formula is C19H22N4O4. The molecule has 4 heterocycles. The molecular weight excluding hydrogens is 348 g/mol. The first-order chi connectivity index (χ1) is 13.0. The van der Waals surface area contributed by atoms with Crippen molar-refractivity contribution in [2.45, 2.75) is 37.1 Å². The van der Waals surface area contributed by atoms with Crippen LogP contribution in [0.4, 0.5) is 0 Å². The van der Waals surface area contributed by atoms with Crippen LogP contribution in [0.3, 0.4) is 0 Å². The van der Waals surface area contributed by atoms with Crippen LogP contribution in [0.1, 0.15) is 23.3 Å². The van der Waals surface area contributed by atoms with Gasteiger partial charge in [-0.25, -0.2) is 0 Å². The zero-order valence-electron chi connectivity index (χ0n) is 15.1. The molecule has 0 aromatic carbocycles. The van der Waals surface area contributed by atoms with Crippen LogP contribution in [0.5, 0.6) is 0 Å². The lowest BCUT2D eigenvalue weighted by atomic mass is 10.0. The maximum absolute atomic E-state index is 13.1. The largest absolute Gasteiger partial charge is 0.363 e. The number of terminal acetylenes is 1. The van der Waals surface area contributed by atoms with Crippen LogP contribution in [0.2, 0.25) is 0 Å². The molecule has 142 valence electrons. The minimum Gasteiger partial charge on any atom is -0.363 e. The van der Waals surface area contributed by atoms with E-state index in [1.54, 1.807) is 39.7 Å². The fourth-order valence-electron chi connectivity index (χ4n) is 4.41. The Morgan fingerprint density at radius 2 is 1.96 bits per heavy atom. The Hall–Kier alpha value is -2.79. The molecule has 4 unspecified atom stereocenters. The van der Waals surface area contributed by atoms with E-state index in [1.165, 1.54) is 0 Å². The van der Waals surface area contributed by atoms with E-state index < -0.39 is 18.1 Å². The second kappa shape index (κ2) is 6.74. The molecule has 3 fully saturated rings. The van der Waals surface area contributed by atoms with Crippen molar-refractivity contribution in [1.82, 2.24) is 19.7 Å². The summed E-state index contributed by atoms with van der Waals surface area (Å²) in [6.45, 7) is 1.03. The normalized spacial score (nSPS) is 29.5. The van der Waals surface area contributed by atoms with Gasteiger partial charge in [0.15, 0.2) is 0 Å². The maximum atomic E-state index is 13.1. The van der Waals surface area contributed by atoms with Crippen LogP contribution in [0.15, 0.2) is 18.3 Å². The average Bonchev–Trinajstić information content (AvgIpc) is 3.36. The van der Waals surface area contributed by atoms with Gasteiger partial charge >= 0.3 is 0 Å². The molecule has 3 saturated heterocycles. The van der Waals surface area contributed by atoms with E-state index in [9.17, 15) is 14.4 Å². The van der Waals surface area contributed by atoms with Crippen molar-refractivity contribution in [2.75, 3.05) is 19.7 Å². The number of piperazine rings is 1. The fourth-order valence-corrected chi connectivity index (χ4v) is 4.41. The average molecular weight is 370 g/mol. The number of carbonyl (C=O) groups is 3. The van der Waals surface area contributed by atoms with Gasteiger partial charge in [0.25, 0.3) is 5.91 Å². The summed E-state index contributed by atoms with van der Waals surface area (Å²) >= 11 is 0. The van der Waals surface area contributed by atoms with Crippen molar-refractivity contribution in [1.29, 1.82) is 0 Å². The van der Waals surface area contributed by atoms with E-state index in [4.69, 9.17) is 11.2 Å². The number of nitrogens with zero attached hydrogens (tertiary/aromatic N) is 3. The van der Waals surface area contributed by atoms with Crippen LogP contribution in [-0.2, 0) is 21.4 Å². The summed E-state index contributed by atoms with van der Waals surface area (Å²) in [5, 5.41) is 2.94. The van der Waals surface area contributed by atoms with E-state index in [0.717, 1.165) is 0 Å². The predicted octanol–water partition coefficient (Wildman–Crippen LogP) is -0.643. The highest BCUT2D eigenvalue weighted by atomic mass is 16.5. The van der Waals surface area contributed by atoms with Crippen LogP contribution >= 0.6 is 0 Å². The standard InChI is InChI=1S/C19H22N4O4/c1-3-11-27-14-7-10-23-16(14)19(26)22-9-6-12(15(22)18(23)25)20-17(24)13-5-4-8-21(13)2/h1,4-5,8,12,14-16H,6-7,9-11H2,2H3,(H,20,24). The van der Waals surface area contributed by atoms with Crippen molar-refractivity contribution >= 4 is 17.7 Å². The number of nitrogens with one attached hydrogen (secondary N) is 1. The Morgan fingerprint density at radius 1 is 1.26 bits per heavy atom. The first-order valence-electron chi connectivity index (χ1n) is 9.11. The molecule has 3 aliphatic rings. The van der Waals surface area contributed by atoms with E-state index >= 15 is 0 Å². The number of ether oxygens (including phenoxy) is 1. The van der Waals surface area contributed by atoms with Gasteiger partial charge in [-0.1, -0.05) is 5.92 Å². The number of carbonyl (C=O) groups excluding carboxylic acids is 3. The minimum absolute atomic E-state index is 0.116. The second-order valence-electron chi connectivity index (χ2n) is 7.17. The molecule has 4 rings (SSSR count). The summed E-state index contributed by atoms with van der Waals surface area (Å²) in [6, 6.07) is 1.86.